The predicted molar refractivity (Wildman–Crippen MR) is 66.5 cm³/mol. The van der Waals surface area contributed by atoms with Crippen molar-refractivity contribution in [3.8, 4) is 0 Å². The minimum atomic E-state index is 0.0879. The Labute approximate surface area is 102 Å². The zero-order valence-electron chi connectivity index (χ0n) is 10.2. The molecule has 3 heteroatoms. The molecule has 90 valence electrons. The standard InChI is InChI=1S/C14H18N2O/c1-15-12(11-7-3-2-4-8-11)13(14(15)17)16-9-5-6-10-16/h2-4,7-8,12-13H,5-6,9-10H2,1H3. The summed E-state index contributed by atoms with van der Waals surface area (Å²) in [7, 11) is 1.91. The Hall–Kier alpha value is -1.35. The van der Waals surface area contributed by atoms with Crippen LogP contribution < -0.4 is 0 Å². The van der Waals surface area contributed by atoms with Crippen molar-refractivity contribution in [3.05, 3.63) is 35.9 Å². The van der Waals surface area contributed by atoms with Crippen LogP contribution in [0.15, 0.2) is 30.3 Å². The molecule has 1 aromatic rings. The van der Waals surface area contributed by atoms with Gasteiger partial charge in [-0.05, 0) is 31.5 Å². The van der Waals surface area contributed by atoms with Crippen molar-refractivity contribution in [1.82, 2.24) is 9.80 Å². The predicted octanol–water partition coefficient (Wildman–Crippen LogP) is 1.66. The monoisotopic (exact) mass is 230 g/mol. The summed E-state index contributed by atoms with van der Waals surface area (Å²) in [5.41, 5.74) is 1.26. The van der Waals surface area contributed by atoms with Crippen LogP contribution in [0.5, 0.6) is 0 Å². The van der Waals surface area contributed by atoms with Crippen LogP contribution in [0.2, 0.25) is 0 Å². The summed E-state index contributed by atoms with van der Waals surface area (Å²) in [6.45, 7) is 2.15. The Bertz CT molecular complexity index is 411. The fourth-order valence-corrected chi connectivity index (χ4v) is 3.04. The minimum Gasteiger partial charge on any atom is -0.335 e. The van der Waals surface area contributed by atoms with E-state index in [0.717, 1.165) is 13.1 Å². The van der Waals surface area contributed by atoms with Gasteiger partial charge in [0.1, 0.15) is 6.04 Å². The van der Waals surface area contributed by atoms with E-state index in [1.54, 1.807) is 0 Å². The highest BCUT2D eigenvalue weighted by Crippen LogP contribution is 2.37. The van der Waals surface area contributed by atoms with Gasteiger partial charge >= 0.3 is 0 Å². The second-order valence-electron chi connectivity index (χ2n) is 4.99. The fourth-order valence-electron chi connectivity index (χ4n) is 3.04. The molecule has 0 spiro atoms. The molecular formula is C14H18N2O. The molecule has 0 aliphatic carbocycles. The molecule has 1 amide bonds. The number of hydrogen-bond donors (Lipinski definition) is 0. The van der Waals surface area contributed by atoms with Crippen LogP contribution in [-0.4, -0.2) is 41.9 Å². The number of carbonyl (C=O) groups is 1. The number of rotatable bonds is 2. The van der Waals surface area contributed by atoms with Crippen LogP contribution in [-0.2, 0) is 4.79 Å². The molecular weight excluding hydrogens is 212 g/mol. The Morgan fingerprint density at radius 3 is 2.35 bits per heavy atom. The maximum atomic E-state index is 12.0. The van der Waals surface area contributed by atoms with E-state index < -0.39 is 0 Å². The average molecular weight is 230 g/mol. The summed E-state index contributed by atoms with van der Waals surface area (Å²) >= 11 is 0. The first-order chi connectivity index (χ1) is 8.29. The van der Waals surface area contributed by atoms with Crippen molar-refractivity contribution in [2.24, 2.45) is 0 Å². The third kappa shape index (κ3) is 1.65. The van der Waals surface area contributed by atoms with Gasteiger partial charge in [0.2, 0.25) is 5.91 Å². The topological polar surface area (TPSA) is 23.6 Å². The first-order valence-electron chi connectivity index (χ1n) is 6.35. The van der Waals surface area contributed by atoms with E-state index in [1.807, 2.05) is 30.1 Å². The van der Waals surface area contributed by atoms with Crippen molar-refractivity contribution < 1.29 is 4.79 Å². The molecule has 0 aromatic heterocycles. The lowest BCUT2D eigenvalue weighted by atomic mass is 9.88. The molecule has 1 aromatic carbocycles. The van der Waals surface area contributed by atoms with Crippen LogP contribution in [0.25, 0.3) is 0 Å². The van der Waals surface area contributed by atoms with Crippen LogP contribution in [0.4, 0.5) is 0 Å². The van der Waals surface area contributed by atoms with Crippen molar-refractivity contribution in [3.63, 3.8) is 0 Å². The van der Waals surface area contributed by atoms with Crippen molar-refractivity contribution >= 4 is 5.91 Å². The van der Waals surface area contributed by atoms with Crippen molar-refractivity contribution in [2.45, 2.75) is 24.9 Å². The number of carbonyl (C=O) groups excluding carboxylic acids is 1. The molecule has 0 radical (unpaired) electrons. The highest BCUT2D eigenvalue weighted by Gasteiger charge is 2.49. The number of likely N-dealkylation sites (N-methyl/N-ethyl adjacent to an activating group) is 1. The second kappa shape index (κ2) is 4.15. The van der Waals surface area contributed by atoms with E-state index in [9.17, 15) is 4.79 Å². The Kier molecular flexibility index (Phi) is 2.63. The van der Waals surface area contributed by atoms with Gasteiger partial charge in [0.15, 0.2) is 0 Å². The van der Waals surface area contributed by atoms with Gasteiger partial charge in [-0.2, -0.15) is 0 Å². The molecule has 2 saturated heterocycles. The highest BCUT2D eigenvalue weighted by atomic mass is 16.2. The van der Waals surface area contributed by atoms with Gasteiger partial charge in [-0.1, -0.05) is 30.3 Å². The van der Waals surface area contributed by atoms with E-state index in [2.05, 4.69) is 17.0 Å². The van der Waals surface area contributed by atoms with E-state index in [4.69, 9.17) is 0 Å². The van der Waals surface area contributed by atoms with Gasteiger partial charge in [-0.15, -0.1) is 0 Å². The molecule has 0 N–H and O–H groups in total. The second-order valence-corrected chi connectivity index (χ2v) is 4.99. The maximum absolute atomic E-state index is 12.0. The third-order valence-electron chi connectivity index (χ3n) is 3.99. The van der Waals surface area contributed by atoms with E-state index in [-0.39, 0.29) is 18.0 Å². The smallest absolute Gasteiger partial charge is 0.242 e. The normalized spacial score (nSPS) is 29.5. The number of β-lactam (4-membered cyclic amide) rings is 1. The molecule has 2 fully saturated rings. The van der Waals surface area contributed by atoms with Crippen LogP contribution in [0.1, 0.15) is 24.4 Å². The van der Waals surface area contributed by atoms with Crippen molar-refractivity contribution in [2.75, 3.05) is 20.1 Å². The zero-order chi connectivity index (χ0) is 11.8. The molecule has 2 aliphatic rings. The average Bonchev–Trinajstić information content (AvgIpc) is 2.88. The molecule has 2 aliphatic heterocycles. The molecule has 0 saturated carbocycles. The van der Waals surface area contributed by atoms with Crippen LogP contribution in [0, 0.1) is 0 Å². The largest absolute Gasteiger partial charge is 0.335 e. The summed E-state index contributed by atoms with van der Waals surface area (Å²) in [6.07, 6.45) is 2.46. The van der Waals surface area contributed by atoms with Crippen LogP contribution >= 0.6 is 0 Å². The van der Waals surface area contributed by atoms with Gasteiger partial charge in [0, 0.05) is 7.05 Å². The first-order valence-corrected chi connectivity index (χ1v) is 6.35. The van der Waals surface area contributed by atoms with Gasteiger partial charge in [-0.25, -0.2) is 0 Å². The molecule has 17 heavy (non-hydrogen) atoms. The molecule has 3 nitrogen and oxygen atoms in total. The lowest BCUT2D eigenvalue weighted by Gasteiger charge is -2.49. The molecule has 2 heterocycles. The number of likely N-dealkylation sites (tertiary alicyclic amines) is 2. The van der Waals surface area contributed by atoms with Gasteiger partial charge in [0.05, 0.1) is 6.04 Å². The van der Waals surface area contributed by atoms with Gasteiger partial charge in [-0.3, -0.25) is 9.69 Å². The Morgan fingerprint density at radius 1 is 1.06 bits per heavy atom. The Balaban J connectivity index is 1.85. The van der Waals surface area contributed by atoms with E-state index in [0.29, 0.717) is 0 Å². The quantitative estimate of drug-likeness (QED) is 0.721. The zero-order valence-corrected chi connectivity index (χ0v) is 10.2. The number of nitrogens with zero attached hydrogens (tertiary/aromatic N) is 2. The summed E-state index contributed by atoms with van der Waals surface area (Å²) < 4.78 is 0. The summed E-state index contributed by atoms with van der Waals surface area (Å²) in [6, 6.07) is 10.7. The van der Waals surface area contributed by atoms with Crippen LogP contribution in [0.3, 0.4) is 0 Å². The fraction of sp³-hybridized carbons (Fsp3) is 0.500. The number of hydrogen-bond acceptors (Lipinski definition) is 2. The molecule has 2 atom stereocenters. The lowest BCUT2D eigenvalue weighted by Crippen LogP contribution is -2.63. The molecule has 2 unspecified atom stereocenters. The summed E-state index contributed by atoms with van der Waals surface area (Å²) in [5, 5.41) is 0. The number of amides is 1. The lowest BCUT2D eigenvalue weighted by molar-refractivity contribution is -0.156. The minimum absolute atomic E-state index is 0.0879. The van der Waals surface area contributed by atoms with Gasteiger partial charge in [0.25, 0.3) is 0 Å². The van der Waals surface area contributed by atoms with E-state index in [1.165, 1.54) is 18.4 Å². The van der Waals surface area contributed by atoms with Crippen molar-refractivity contribution in [1.29, 1.82) is 0 Å². The Morgan fingerprint density at radius 2 is 1.71 bits per heavy atom. The number of benzene rings is 1. The highest BCUT2D eigenvalue weighted by molar-refractivity contribution is 5.89. The third-order valence-corrected chi connectivity index (χ3v) is 3.99. The maximum Gasteiger partial charge on any atom is 0.242 e. The summed E-state index contributed by atoms with van der Waals surface area (Å²) in [5.74, 6) is 0.278. The SMILES string of the molecule is CN1C(=O)C(N2CCCC2)C1c1ccccc1. The summed E-state index contributed by atoms with van der Waals surface area (Å²) in [4.78, 5) is 16.2. The molecule has 3 rings (SSSR count). The van der Waals surface area contributed by atoms with E-state index >= 15 is 0 Å². The first kappa shape index (κ1) is 10.8. The van der Waals surface area contributed by atoms with Gasteiger partial charge < -0.3 is 4.90 Å². The molecule has 0 bridgehead atoms.